The Morgan fingerprint density at radius 3 is 2.38 bits per heavy atom. The lowest BCUT2D eigenvalue weighted by Crippen LogP contribution is -2.36. The molecule has 45 heavy (non-hydrogen) atoms. The maximum absolute atomic E-state index is 12.9. The lowest BCUT2D eigenvalue weighted by Gasteiger charge is -2.21. The number of unbranched alkanes of at least 4 members (excludes halogenated alkanes) is 4. The third kappa shape index (κ3) is 12.9. The largest absolute Gasteiger partial charge is 0.508 e. The summed E-state index contributed by atoms with van der Waals surface area (Å²) in [5.41, 5.74) is 4.26. The second-order valence-corrected chi connectivity index (χ2v) is 11.1. The van der Waals surface area contributed by atoms with Gasteiger partial charge in [0.2, 0.25) is 0 Å². The highest BCUT2D eigenvalue weighted by atomic mass is 16.7. The monoisotopic (exact) mass is 621 g/mol. The molecule has 3 aromatic carbocycles. The van der Waals surface area contributed by atoms with Crippen molar-refractivity contribution in [3.05, 3.63) is 89.0 Å². The molecule has 0 saturated heterocycles. The van der Waals surface area contributed by atoms with Gasteiger partial charge in [0.05, 0.1) is 18.4 Å². The third-order valence-electron chi connectivity index (χ3n) is 7.24. The molecule has 5 N–H and O–H groups in total. The summed E-state index contributed by atoms with van der Waals surface area (Å²) in [7, 11) is 0. The van der Waals surface area contributed by atoms with Crippen molar-refractivity contribution in [1.29, 1.82) is 0 Å². The zero-order valence-corrected chi connectivity index (χ0v) is 26.3. The van der Waals surface area contributed by atoms with Crippen LogP contribution in [0.15, 0.2) is 66.7 Å². The van der Waals surface area contributed by atoms with Gasteiger partial charge in [0.15, 0.2) is 0 Å². The Morgan fingerprint density at radius 2 is 1.64 bits per heavy atom. The number of hydrogen-bond acceptors (Lipinski definition) is 8. The third-order valence-corrected chi connectivity index (χ3v) is 7.24. The lowest BCUT2D eigenvalue weighted by molar-refractivity contribution is -0.141. The fourth-order valence-electron chi connectivity index (χ4n) is 4.73. The number of phenols is 1. The average Bonchev–Trinajstić information content (AvgIpc) is 3.03. The molecule has 0 aliphatic rings. The van der Waals surface area contributed by atoms with Crippen LogP contribution < -0.4 is 15.7 Å². The van der Waals surface area contributed by atoms with Crippen LogP contribution in [0.2, 0.25) is 0 Å². The SMILES string of the molecule is CC(=O)ON(C(=O)Nc1ccc(C)cc1)c1cccc(CCCCOCCCCCCNC[C@H](O)c2ccc(O)c(CO)c2)c1. The predicted octanol–water partition coefficient (Wildman–Crippen LogP) is 5.93. The van der Waals surface area contributed by atoms with Crippen LogP contribution in [0.3, 0.4) is 0 Å². The minimum Gasteiger partial charge on any atom is -0.508 e. The van der Waals surface area contributed by atoms with Crippen molar-refractivity contribution in [1.82, 2.24) is 5.32 Å². The normalized spacial score (nSPS) is 11.6. The molecular formula is C35H47N3O7. The van der Waals surface area contributed by atoms with Crippen LogP contribution in [-0.4, -0.2) is 53.6 Å². The second kappa shape index (κ2) is 19.4. The van der Waals surface area contributed by atoms with E-state index in [2.05, 4.69) is 10.6 Å². The van der Waals surface area contributed by atoms with Gasteiger partial charge in [-0.15, -0.1) is 5.06 Å². The van der Waals surface area contributed by atoms with Crippen molar-refractivity contribution in [2.24, 2.45) is 0 Å². The molecule has 0 saturated carbocycles. The number of ether oxygens (including phenoxy) is 1. The minimum atomic E-state index is -0.695. The van der Waals surface area contributed by atoms with Gasteiger partial charge in [-0.1, -0.05) is 48.7 Å². The predicted molar refractivity (Wildman–Crippen MR) is 175 cm³/mol. The number of hydroxylamine groups is 1. The van der Waals surface area contributed by atoms with E-state index in [1.165, 1.54) is 13.0 Å². The molecule has 0 radical (unpaired) electrons. The molecule has 0 fully saturated rings. The molecule has 0 aliphatic heterocycles. The van der Waals surface area contributed by atoms with E-state index < -0.39 is 18.1 Å². The Labute approximate surface area is 265 Å². The standard InChI is InChI=1S/C35H47N3O7/c1-26-13-16-31(17-14-26)37-35(43)38(45-27(2)40)32-12-9-11-28(22-32)10-5-8-21-44-20-7-4-3-6-19-36-24-34(42)29-15-18-33(41)30(23-29)25-39/h9,11-18,22-23,34,36,39,41-42H,3-8,10,19-21,24-25H2,1-2H3,(H,37,43)/t34-/m0/s1. The zero-order valence-electron chi connectivity index (χ0n) is 26.3. The molecule has 0 spiro atoms. The van der Waals surface area contributed by atoms with Crippen molar-refractivity contribution in [3.63, 3.8) is 0 Å². The highest BCUT2D eigenvalue weighted by Gasteiger charge is 2.20. The van der Waals surface area contributed by atoms with E-state index in [9.17, 15) is 24.9 Å². The number of rotatable bonds is 18. The van der Waals surface area contributed by atoms with E-state index in [0.29, 0.717) is 35.7 Å². The van der Waals surface area contributed by atoms with Gasteiger partial charge < -0.3 is 35.5 Å². The van der Waals surface area contributed by atoms with Gasteiger partial charge in [0, 0.05) is 37.9 Å². The fraction of sp³-hybridized carbons (Fsp3) is 0.429. The summed E-state index contributed by atoms with van der Waals surface area (Å²) in [6.07, 6.45) is 6.11. The summed E-state index contributed by atoms with van der Waals surface area (Å²) in [5.74, 6) is -0.561. The number of carbonyl (C=O) groups is 2. The number of urea groups is 1. The van der Waals surface area contributed by atoms with Gasteiger partial charge in [-0.05, 0) is 93.1 Å². The van der Waals surface area contributed by atoms with Crippen molar-refractivity contribution in [2.45, 2.75) is 71.5 Å². The molecule has 1 atom stereocenters. The highest BCUT2D eigenvalue weighted by Crippen LogP contribution is 2.23. The quantitative estimate of drug-likeness (QED) is 0.0870. The Bertz CT molecular complexity index is 1330. The van der Waals surface area contributed by atoms with Crippen molar-refractivity contribution < 1.29 is 34.5 Å². The average molecular weight is 622 g/mol. The van der Waals surface area contributed by atoms with Crippen molar-refractivity contribution in [3.8, 4) is 5.75 Å². The molecule has 10 heteroatoms. The van der Waals surface area contributed by atoms with Gasteiger partial charge >= 0.3 is 12.0 Å². The molecule has 0 heterocycles. The van der Waals surface area contributed by atoms with Gasteiger partial charge in [-0.25, -0.2) is 9.59 Å². The molecule has 0 aliphatic carbocycles. The summed E-state index contributed by atoms with van der Waals surface area (Å²) < 4.78 is 5.81. The number of amides is 2. The number of aliphatic hydroxyl groups is 2. The minimum absolute atomic E-state index is 0.0278. The Balaban J connectivity index is 1.26. The van der Waals surface area contributed by atoms with E-state index >= 15 is 0 Å². The molecule has 0 aromatic heterocycles. The number of aryl methyl sites for hydroxylation is 2. The molecule has 0 bridgehead atoms. The van der Waals surface area contributed by atoms with E-state index in [-0.39, 0.29) is 12.4 Å². The molecular weight excluding hydrogens is 574 g/mol. The first-order valence-electron chi connectivity index (χ1n) is 15.6. The topological polar surface area (TPSA) is 141 Å². The number of aromatic hydroxyl groups is 1. The zero-order chi connectivity index (χ0) is 32.4. The molecule has 0 unspecified atom stereocenters. The lowest BCUT2D eigenvalue weighted by atomic mass is 10.1. The van der Waals surface area contributed by atoms with Gasteiger partial charge in [0.25, 0.3) is 0 Å². The Kier molecular flexibility index (Phi) is 15.3. The van der Waals surface area contributed by atoms with Crippen LogP contribution in [0.5, 0.6) is 5.75 Å². The molecule has 2 amide bonds. The van der Waals surface area contributed by atoms with E-state index in [1.807, 2.05) is 37.3 Å². The number of benzene rings is 3. The number of nitrogens with zero attached hydrogens (tertiary/aromatic N) is 1. The second-order valence-electron chi connectivity index (χ2n) is 11.1. The van der Waals surface area contributed by atoms with E-state index in [4.69, 9.17) is 9.57 Å². The Morgan fingerprint density at radius 1 is 0.911 bits per heavy atom. The number of hydrogen-bond donors (Lipinski definition) is 5. The van der Waals surface area contributed by atoms with Gasteiger partial charge in [-0.2, -0.15) is 0 Å². The van der Waals surface area contributed by atoms with E-state index in [0.717, 1.165) is 74.3 Å². The summed E-state index contributed by atoms with van der Waals surface area (Å²) in [5, 5.41) is 36.2. The van der Waals surface area contributed by atoms with Crippen LogP contribution in [0, 0.1) is 6.92 Å². The number of carbonyl (C=O) groups excluding carboxylic acids is 2. The first-order chi connectivity index (χ1) is 21.8. The molecule has 10 nitrogen and oxygen atoms in total. The van der Waals surface area contributed by atoms with Crippen molar-refractivity contribution in [2.75, 3.05) is 36.7 Å². The smallest absolute Gasteiger partial charge is 0.359 e. The van der Waals surface area contributed by atoms with E-state index in [1.54, 1.807) is 30.3 Å². The van der Waals surface area contributed by atoms with Crippen LogP contribution >= 0.6 is 0 Å². The Hall–Kier alpha value is -3.96. The number of aliphatic hydroxyl groups excluding tert-OH is 2. The van der Waals surface area contributed by atoms with Crippen LogP contribution in [0.25, 0.3) is 0 Å². The first-order valence-corrected chi connectivity index (χ1v) is 15.6. The van der Waals surface area contributed by atoms with Gasteiger partial charge in [-0.3, -0.25) is 0 Å². The first kappa shape index (κ1) is 35.5. The molecule has 244 valence electrons. The van der Waals surface area contributed by atoms with Crippen LogP contribution in [0.4, 0.5) is 16.2 Å². The number of nitrogens with one attached hydrogen (secondary N) is 2. The highest BCUT2D eigenvalue weighted by molar-refractivity contribution is 6.01. The summed E-state index contributed by atoms with van der Waals surface area (Å²) in [4.78, 5) is 29.9. The maximum Gasteiger partial charge on any atom is 0.359 e. The molecule has 3 rings (SSSR count). The summed E-state index contributed by atoms with van der Waals surface area (Å²) in [6, 6.07) is 19.0. The molecule has 3 aromatic rings. The van der Waals surface area contributed by atoms with Gasteiger partial charge in [0.1, 0.15) is 5.75 Å². The maximum atomic E-state index is 12.9. The van der Waals surface area contributed by atoms with Crippen molar-refractivity contribution >= 4 is 23.4 Å². The summed E-state index contributed by atoms with van der Waals surface area (Å²) >= 11 is 0. The van der Waals surface area contributed by atoms with Crippen LogP contribution in [0.1, 0.15) is 73.8 Å². The van der Waals surface area contributed by atoms with Crippen LogP contribution in [-0.2, 0) is 27.4 Å². The number of anilines is 2. The fourth-order valence-corrected chi connectivity index (χ4v) is 4.73. The summed E-state index contributed by atoms with van der Waals surface area (Å²) in [6.45, 7) is 5.59.